The molecule has 5 nitrogen and oxygen atoms in total. The van der Waals surface area contributed by atoms with Crippen molar-refractivity contribution in [2.75, 3.05) is 6.54 Å². The van der Waals surface area contributed by atoms with Gasteiger partial charge in [0.25, 0.3) is 5.91 Å². The second-order valence-electron chi connectivity index (χ2n) is 6.53. The standard InChI is InChI=1S/C20H22N4O/c25-20(24-14-4-9-18(24)16-23-13-6-11-21-23)19-10-5-12-22(19)15-17-7-2-1-3-8-17/h1-3,5-8,10-13,18H,4,9,14-16H2/t18-/m0/s1. The Balaban J connectivity index is 1.51. The molecule has 1 atom stereocenters. The lowest BCUT2D eigenvalue weighted by Gasteiger charge is -2.25. The molecule has 1 aromatic carbocycles. The van der Waals surface area contributed by atoms with Crippen LogP contribution in [0, 0.1) is 0 Å². The fraction of sp³-hybridized carbons (Fsp3) is 0.300. The second-order valence-corrected chi connectivity index (χ2v) is 6.53. The first kappa shape index (κ1) is 15.7. The van der Waals surface area contributed by atoms with Crippen molar-refractivity contribution in [3.63, 3.8) is 0 Å². The summed E-state index contributed by atoms with van der Waals surface area (Å²) >= 11 is 0. The minimum atomic E-state index is 0.121. The average Bonchev–Trinajstić information content (AvgIpc) is 3.38. The van der Waals surface area contributed by atoms with E-state index in [0.29, 0.717) is 6.54 Å². The maximum Gasteiger partial charge on any atom is 0.270 e. The number of amides is 1. The van der Waals surface area contributed by atoms with Crippen molar-refractivity contribution < 1.29 is 4.79 Å². The van der Waals surface area contributed by atoms with Gasteiger partial charge in [0, 0.05) is 31.7 Å². The molecule has 3 aromatic rings. The summed E-state index contributed by atoms with van der Waals surface area (Å²) < 4.78 is 3.96. The van der Waals surface area contributed by atoms with Crippen molar-refractivity contribution in [3.8, 4) is 0 Å². The minimum absolute atomic E-state index is 0.121. The molecule has 0 aliphatic carbocycles. The molecule has 0 saturated carbocycles. The van der Waals surface area contributed by atoms with E-state index in [2.05, 4.69) is 17.2 Å². The molecule has 1 amide bonds. The van der Waals surface area contributed by atoms with Crippen LogP contribution in [0.25, 0.3) is 0 Å². The molecule has 1 aliphatic rings. The molecule has 128 valence electrons. The van der Waals surface area contributed by atoms with Crippen LogP contribution < -0.4 is 0 Å². The Kier molecular flexibility index (Phi) is 4.37. The van der Waals surface area contributed by atoms with Gasteiger partial charge in [0.05, 0.1) is 12.6 Å². The molecule has 4 rings (SSSR count). The summed E-state index contributed by atoms with van der Waals surface area (Å²) in [5, 5.41) is 4.28. The van der Waals surface area contributed by atoms with E-state index in [9.17, 15) is 4.79 Å². The Hall–Kier alpha value is -2.82. The first-order valence-corrected chi connectivity index (χ1v) is 8.79. The van der Waals surface area contributed by atoms with Crippen molar-refractivity contribution in [1.82, 2.24) is 19.2 Å². The molecule has 2 aromatic heterocycles. The molecule has 0 N–H and O–H groups in total. The lowest BCUT2D eigenvalue weighted by atomic mass is 10.2. The summed E-state index contributed by atoms with van der Waals surface area (Å²) in [5.41, 5.74) is 1.96. The van der Waals surface area contributed by atoms with Crippen LogP contribution in [0.5, 0.6) is 0 Å². The maximum atomic E-state index is 13.1. The van der Waals surface area contributed by atoms with Gasteiger partial charge in [0.1, 0.15) is 5.69 Å². The van der Waals surface area contributed by atoms with Crippen molar-refractivity contribution in [1.29, 1.82) is 0 Å². The van der Waals surface area contributed by atoms with Crippen LogP contribution in [-0.4, -0.2) is 37.7 Å². The van der Waals surface area contributed by atoms with E-state index in [1.165, 1.54) is 5.56 Å². The fourth-order valence-corrected chi connectivity index (χ4v) is 3.59. The minimum Gasteiger partial charge on any atom is -0.339 e. The Bertz CT molecular complexity index is 823. The second kappa shape index (κ2) is 6.97. The predicted molar refractivity (Wildman–Crippen MR) is 96.3 cm³/mol. The zero-order valence-electron chi connectivity index (χ0n) is 14.2. The Labute approximate surface area is 147 Å². The zero-order chi connectivity index (χ0) is 17.1. The van der Waals surface area contributed by atoms with Gasteiger partial charge in [-0.2, -0.15) is 5.10 Å². The van der Waals surface area contributed by atoms with Crippen LogP contribution in [0.3, 0.4) is 0 Å². The molecule has 25 heavy (non-hydrogen) atoms. The van der Waals surface area contributed by atoms with Gasteiger partial charge in [-0.25, -0.2) is 0 Å². The van der Waals surface area contributed by atoms with Crippen molar-refractivity contribution in [2.45, 2.75) is 32.0 Å². The van der Waals surface area contributed by atoms with Crippen LogP contribution in [-0.2, 0) is 13.1 Å². The topological polar surface area (TPSA) is 43.1 Å². The van der Waals surface area contributed by atoms with Crippen molar-refractivity contribution in [2.24, 2.45) is 0 Å². The summed E-state index contributed by atoms with van der Waals surface area (Å²) in [7, 11) is 0. The van der Waals surface area contributed by atoms with Gasteiger partial charge in [0.15, 0.2) is 0 Å². The summed E-state index contributed by atoms with van der Waals surface area (Å²) in [5.74, 6) is 0.121. The number of rotatable bonds is 5. The average molecular weight is 334 g/mol. The molecule has 1 aliphatic heterocycles. The number of carbonyl (C=O) groups is 1. The van der Waals surface area contributed by atoms with Crippen molar-refractivity contribution in [3.05, 3.63) is 78.4 Å². The highest BCUT2D eigenvalue weighted by Gasteiger charge is 2.31. The number of likely N-dealkylation sites (tertiary alicyclic amines) is 1. The highest BCUT2D eigenvalue weighted by molar-refractivity contribution is 5.93. The predicted octanol–water partition coefficient (Wildman–Crippen LogP) is 3.04. The van der Waals surface area contributed by atoms with Gasteiger partial charge in [0.2, 0.25) is 0 Å². The molecule has 0 radical (unpaired) electrons. The number of benzene rings is 1. The number of nitrogens with zero attached hydrogens (tertiary/aromatic N) is 4. The van der Waals surface area contributed by atoms with E-state index in [0.717, 1.165) is 31.6 Å². The normalized spacial score (nSPS) is 17.1. The molecular formula is C20H22N4O. The monoisotopic (exact) mass is 334 g/mol. The van der Waals surface area contributed by atoms with E-state index in [-0.39, 0.29) is 11.9 Å². The fourth-order valence-electron chi connectivity index (χ4n) is 3.59. The third kappa shape index (κ3) is 3.36. The SMILES string of the molecule is O=C(c1cccn1Cc1ccccc1)N1CCC[C@H]1Cn1cccn1. The highest BCUT2D eigenvalue weighted by Crippen LogP contribution is 2.22. The molecular weight excluding hydrogens is 312 g/mol. The lowest BCUT2D eigenvalue weighted by molar-refractivity contribution is 0.0711. The Morgan fingerprint density at radius 2 is 1.96 bits per heavy atom. The van der Waals surface area contributed by atoms with Crippen LogP contribution in [0.1, 0.15) is 28.9 Å². The van der Waals surface area contributed by atoms with Crippen LogP contribution in [0.2, 0.25) is 0 Å². The quantitative estimate of drug-likeness (QED) is 0.720. The molecule has 3 heterocycles. The van der Waals surface area contributed by atoms with Gasteiger partial charge >= 0.3 is 0 Å². The first-order chi connectivity index (χ1) is 12.3. The van der Waals surface area contributed by atoms with Crippen LogP contribution in [0.15, 0.2) is 67.1 Å². The molecule has 5 heteroatoms. The van der Waals surface area contributed by atoms with Crippen LogP contribution in [0.4, 0.5) is 0 Å². The Morgan fingerprint density at radius 1 is 1.08 bits per heavy atom. The number of carbonyl (C=O) groups excluding carboxylic acids is 1. The molecule has 0 unspecified atom stereocenters. The smallest absolute Gasteiger partial charge is 0.270 e. The first-order valence-electron chi connectivity index (χ1n) is 8.79. The largest absolute Gasteiger partial charge is 0.339 e. The van der Waals surface area contributed by atoms with Gasteiger partial charge in [-0.1, -0.05) is 30.3 Å². The van der Waals surface area contributed by atoms with E-state index in [4.69, 9.17) is 0 Å². The maximum absolute atomic E-state index is 13.1. The van der Waals surface area contributed by atoms with Gasteiger partial charge < -0.3 is 9.47 Å². The van der Waals surface area contributed by atoms with Crippen LogP contribution >= 0.6 is 0 Å². The highest BCUT2D eigenvalue weighted by atomic mass is 16.2. The lowest BCUT2D eigenvalue weighted by Crippen LogP contribution is -2.39. The van der Waals surface area contributed by atoms with E-state index >= 15 is 0 Å². The van der Waals surface area contributed by atoms with Gasteiger partial charge in [-0.05, 0) is 36.6 Å². The summed E-state index contributed by atoms with van der Waals surface area (Å²) in [4.78, 5) is 15.1. The molecule has 1 fully saturated rings. The summed E-state index contributed by atoms with van der Waals surface area (Å²) in [6.07, 6.45) is 7.81. The Morgan fingerprint density at radius 3 is 2.76 bits per heavy atom. The number of aromatic nitrogens is 3. The summed E-state index contributed by atoms with van der Waals surface area (Å²) in [6.45, 7) is 2.30. The van der Waals surface area contributed by atoms with E-state index in [1.807, 2.05) is 62.9 Å². The van der Waals surface area contributed by atoms with E-state index in [1.54, 1.807) is 6.20 Å². The zero-order valence-corrected chi connectivity index (χ0v) is 14.2. The number of hydrogen-bond donors (Lipinski definition) is 0. The van der Waals surface area contributed by atoms with Gasteiger partial charge in [-0.15, -0.1) is 0 Å². The molecule has 0 bridgehead atoms. The van der Waals surface area contributed by atoms with Crippen molar-refractivity contribution >= 4 is 5.91 Å². The summed E-state index contributed by atoms with van der Waals surface area (Å²) in [6, 6.07) is 16.3. The van der Waals surface area contributed by atoms with E-state index < -0.39 is 0 Å². The molecule has 1 saturated heterocycles. The number of hydrogen-bond acceptors (Lipinski definition) is 2. The third-order valence-corrected chi connectivity index (χ3v) is 4.84. The molecule has 0 spiro atoms. The van der Waals surface area contributed by atoms with Gasteiger partial charge in [-0.3, -0.25) is 9.48 Å². The third-order valence-electron chi connectivity index (χ3n) is 4.84.